The molecule has 0 aliphatic carbocycles. The van der Waals surface area contributed by atoms with Gasteiger partial charge in [-0.3, -0.25) is 4.79 Å². The van der Waals surface area contributed by atoms with Crippen LogP contribution in [0.25, 0.3) is 0 Å². The summed E-state index contributed by atoms with van der Waals surface area (Å²) in [6.07, 6.45) is 4.61. The van der Waals surface area contributed by atoms with Crippen molar-refractivity contribution in [3.63, 3.8) is 0 Å². The molecular formula is C15H22N2O. The number of carbonyl (C=O) groups excluding carboxylic acids is 1. The average molecular weight is 246 g/mol. The van der Waals surface area contributed by atoms with Crippen LogP contribution in [0.15, 0.2) is 6.07 Å². The maximum Gasteiger partial charge on any atom is 0.224 e. The van der Waals surface area contributed by atoms with Gasteiger partial charge in [0.25, 0.3) is 0 Å². The molecule has 0 radical (unpaired) electrons. The number of aryl methyl sites for hydroxylation is 2. The molecule has 1 aromatic carbocycles. The molecular weight excluding hydrogens is 224 g/mol. The number of fused-ring (bicyclic) bond motifs is 1. The predicted molar refractivity (Wildman–Crippen MR) is 74.9 cm³/mol. The first-order valence-electron chi connectivity index (χ1n) is 6.75. The summed E-state index contributed by atoms with van der Waals surface area (Å²) >= 11 is 0. The number of nitrogens with two attached hydrogens (primary N) is 1. The molecule has 1 aliphatic rings. The van der Waals surface area contributed by atoms with Crippen LogP contribution >= 0.6 is 0 Å². The van der Waals surface area contributed by atoms with Gasteiger partial charge in [-0.2, -0.15) is 0 Å². The van der Waals surface area contributed by atoms with E-state index in [9.17, 15) is 4.79 Å². The highest BCUT2D eigenvalue weighted by Gasteiger charge is 2.20. The first-order valence-corrected chi connectivity index (χ1v) is 6.75. The smallest absolute Gasteiger partial charge is 0.224 e. The number of carbonyl (C=O) groups is 1. The Balaban J connectivity index is 2.35. The van der Waals surface area contributed by atoms with Gasteiger partial charge in [0.2, 0.25) is 5.91 Å². The van der Waals surface area contributed by atoms with Gasteiger partial charge in [0.15, 0.2) is 0 Å². The van der Waals surface area contributed by atoms with E-state index in [1.54, 1.807) is 0 Å². The van der Waals surface area contributed by atoms with Crippen LogP contribution in [0, 0.1) is 13.8 Å². The van der Waals surface area contributed by atoms with Crippen LogP contribution in [-0.2, 0) is 17.6 Å². The highest BCUT2D eigenvalue weighted by molar-refractivity contribution is 5.95. The lowest BCUT2D eigenvalue weighted by atomic mass is 9.90. The van der Waals surface area contributed by atoms with Gasteiger partial charge in [-0.05, 0) is 68.3 Å². The van der Waals surface area contributed by atoms with Crippen molar-refractivity contribution in [2.45, 2.75) is 46.0 Å². The van der Waals surface area contributed by atoms with Crippen LogP contribution in [0.3, 0.4) is 0 Å². The molecule has 0 spiro atoms. The molecule has 1 heterocycles. The van der Waals surface area contributed by atoms with Crippen LogP contribution in [0.5, 0.6) is 0 Å². The minimum atomic E-state index is 0.144. The monoisotopic (exact) mass is 246 g/mol. The number of benzene rings is 1. The standard InChI is InChI=1S/C15H22N2O/c1-10-9-12-6-7-14(18)17-15(12)13(11(10)2)5-3-4-8-16/h9H,3-8,16H2,1-2H3,(H,17,18). The molecule has 18 heavy (non-hydrogen) atoms. The zero-order valence-corrected chi connectivity index (χ0v) is 11.3. The minimum absolute atomic E-state index is 0.144. The lowest BCUT2D eigenvalue weighted by molar-refractivity contribution is -0.116. The normalized spacial score (nSPS) is 14.3. The van der Waals surface area contributed by atoms with Crippen LogP contribution in [0.2, 0.25) is 0 Å². The summed E-state index contributed by atoms with van der Waals surface area (Å²) in [4.78, 5) is 11.6. The number of nitrogens with one attached hydrogen (secondary N) is 1. The third-order valence-electron chi connectivity index (χ3n) is 3.82. The largest absolute Gasteiger partial charge is 0.330 e. The first kappa shape index (κ1) is 13.1. The molecule has 0 saturated heterocycles. The average Bonchev–Trinajstić information content (AvgIpc) is 2.35. The molecule has 3 nitrogen and oxygen atoms in total. The molecule has 1 amide bonds. The molecule has 1 aromatic rings. The van der Waals surface area contributed by atoms with Crippen molar-refractivity contribution in [2.24, 2.45) is 5.73 Å². The summed E-state index contributed by atoms with van der Waals surface area (Å²) in [6, 6.07) is 2.22. The van der Waals surface area contributed by atoms with Crippen molar-refractivity contribution >= 4 is 11.6 Å². The SMILES string of the molecule is Cc1cc2c(c(CCCCN)c1C)NC(=O)CC2. The van der Waals surface area contributed by atoms with Crippen LogP contribution in [0.4, 0.5) is 5.69 Å². The van der Waals surface area contributed by atoms with Gasteiger partial charge in [-0.1, -0.05) is 6.07 Å². The van der Waals surface area contributed by atoms with E-state index in [0.29, 0.717) is 6.42 Å². The third kappa shape index (κ3) is 2.56. The number of rotatable bonds is 4. The van der Waals surface area contributed by atoms with Crippen LogP contribution < -0.4 is 11.1 Å². The molecule has 2 rings (SSSR count). The van der Waals surface area contributed by atoms with Gasteiger partial charge in [-0.25, -0.2) is 0 Å². The number of hydrogen-bond donors (Lipinski definition) is 2. The minimum Gasteiger partial charge on any atom is -0.330 e. The lowest BCUT2D eigenvalue weighted by Gasteiger charge is -2.23. The van der Waals surface area contributed by atoms with E-state index in [2.05, 4.69) is 25.2 Å². The fourth-order valence-corrected chi connectivity index (χ4v) is 2.62. The Kier molecular flexibility index (Phi) is 4.02. The molecule has 3 N–H and O–H groups in total. The maximum atomic E-state index is 11.6. The van der Waals surface area contributed by atoms with Crippen LogP contribution in [0.1, 0.15) is 41.5 Å². The second kappa shape index (κ2) is 5.53. The summed E-state index contributed by atoms with van der Waals surface area (Å²) in [7, 11) is 0. The van der Waals surface area contributed by atoms with Gasteiger partial charge < -0.3 is 11.1 Å². The summed E-state index contributed by atoms with van der Waals surface area (Å²) in [5, 5.41) is 3.05. The molecule has 0 atom stereocenters. The molecule has 0 unspecified atom stereocenters. The van der Waals surface area contributed by atoms with Crippen molar-refractivity contribution in [1.29, 1.82) is 0 Å². The molecule has 1 aliphatic heterocycles. The Labute approximate surface area is 109 Å². The van der Waals surface area contributed by atoms with Gasteiger partial charge in [-0.15, -0.1) is 0 Å². The van der Waals surface area contributed by atoms with Gasteiger partial charge >= 0.3 is 0 Å². The van der Waals surface area contributed by atoms with Gasteiger partial charge in [0.05, 0.1) is 0 Å². The Morgan fingerprint density at radius 1 is 1.28 bits per heavy atom. The van der Waals surface area contributed by atoms with E-state index in [0.717, 1.165) is 37.9 Å². The predicted octanol–water partition coefficient (Wildman–Crippen LogP) is 2.47. The maximum absolute atomic E-state index is 11.6. The molecule has 0 aromatic heterocycles. The molecule has 0 fully saturated rings. The van der Waals surface area contributed by atoms with E-state index in [-0.39, 0.29) is 5.91 Å². The van der Waals surface area contributed by atoms with Crippen molar-refractivity contribution in [3.8, 4) is 0 Å². The molecule has 3 heteroatoms. The van der Waals surface area contributed by atoms with Crippen molar-refractivity contribution in [2.75, 3.05) is 11.9 Å². The first-order chi connectivity index (χ1) is 8.63. The van der Waals surface area contributed by atoms with Crippen LogP contribution in [-0.4, -0.2) is 12.5 Å². The molecule has 0 bridgehead atoms. The quantitative estimate of drug-likeness (QED) is 0.802. The second-order valence-electron chi connectivity index (χ2n) is 5.13. The fraction of sp³-hybridized carbons (Fsp3) is 0.533. The highest BCUT2D eigenvalue weighted by Crippen LogP contribution is 2.32. The zero-order chi connectivity index (χ0) is 13.1. The number of hydrogen-bond acceptors (Lipinski definition) is 2. The van der Waals surface area contributed by atoms with E-state index in [1.165, 1.54) is 22.3 Å². The van der Waals surface area contributed by atoms with Crippen molar-refractivity contribution in [1.82, 2.24) is 0 Å². The Morgan fingerprint density at radius 3 is 2.78 bits per heavy atom. The fourth-order valence-electron chi connectivity index (χ4n) is 2.62. The summed E-state index contributed by atoms with van der Waals surface area (Å²) < 4.78 is 0. The van der Waals surface area contributed by atoms with E-state index < -0.39 is 0 Å². The summed E-state index contributed by atoms with van der Waals surface area (Å²) in [5.41, 5.74) is 11.9. The van der Waals surface area contributed by atoms with E-state index in [4.69, 9.17) is 5.73 Å². The van der Waals surface area contributed by atoms with Crippen molar-refractivity contribution < 1.29 is 4.79 Å². The molecule has 0 saturated carbocycles. The topological polar surface area (TPSA) is 55.1 Å². The molecule has 98 valence electrons. The Bertz CT molecular complexity index is 466. The number of amides is 1. The Hall–Kier alpha value is -1.35. The highest BCUT2D eigenvalue weighted by atomic mass is 16.1. The van der Waals surface area contributed by atoms with Gasteiger partial charge in [0, 0.05) is 12.1 Å². The van der Waals surface area contributed by atoms with E-state index >= 15 is 0 Å². The lowest BCUT2D eigenvalue weighted by Crippen LogP contribution is -2.21. The van der Waals surface area contributed by atoms with Crippen molar-refractivity contribution in [3.05, 3.63) is 28.3 Å². The third-order valence-corrected chi connectivity index (χ3v) is 3.82. The summed E-state index contributed by atoms with van der Waals surface area (Å²) in [6.45, 7) is 5.03. The van der Waals surface area contributed by atoms with E-state index in [1.807, 2.05) is 0 Å². The Morgan fingerprint density at radius 2 is 2.06 bits per heavy atom. The number of anilines is 1. The second-order valence-corrected chi connectivity index (χ2v) is 5.13. The van der Waals surface area contributed by atoms with Gasteiger partial charge in [0.1, 0.15) is 0 Å². The zero-order valence-electron chi connectivity index (χ0n) is 11.3. The number of unbranched alkanes of at least 4 members (excludes halogenated alkanes) is 1. The summed E-state index contributed by atoms with van der Waals surface area (Å²) in [5.74, 6) is 0.144.